The van der Waals surface area contributed by atoms with Crippen LogP contribution in [0.4, 0.5) is 4.39 Å². The second-order valence-electron chi connectivity index (χ2n) is 4.00. The topological polar surface area (TPSA) is 21.3 Å². The van der Waals surface area contributed by atoms with Crippen molar-refractivity contribution in [3.63, 3.8) is 0 Å². The highest BCUT2D eigenvalue weighted by molar-refractivity contribution is 6.32. The summed E-state index contributed by atoms with van der Waals surface area (Å²) >= 11 is 5.93. The fraction of sp³-hybridized carbons (Fsp3) is 0.538. The Hall–Kier alpha value is -0.510. The van der Waals surface area contributed by atoms with Crippen molar-refractivity contribution >= 4 is 24.0 Å². The van der Waals surface area contributed by atoms with Crippen LogP contribution in [0.5, 0.6) is 5.75 Å². The van der Waals surface area contributed by atoms with Crippen LogP contribution in [0.1, 0.15) is 26.2 Å². The summed E-state index contributed by atoms with van der Waals surface area (Å²) in [5.41, 5.74) is 0. The van der Waals surface area contributed by atoms with E-state index in [0.29, 0.717) is 10.8 Å². The van der Waals surface area contributed by atoms with Crippen molar-refractivity contribution in [3.05, 3.63) is 29.0 Å². The molecule has 0 saturated heterocycles. The third kappa shape index (κ3) is 5.89. The first-order valence-corrected chi connectivity index (χ1v) is 6.31. The van der Waals surface area contributed by atoms with Gasteiger partial charge in [0.1, 0.15) is 11.6 Å². The zero-order chi connectivity index (χ0) is 12.7. The molecule has 1 N–H and O–H groups in total. The molecule has 0 heterocycles. The molecule has 104 valence electrons. The van der Waals surface area contributed by atoms with Crippen molar-refractivity contribution in [2.75, 3.05) is 13.6 Å². The van der Waals surface area contributed by atoms with E-state index in [4.69, 9.17) is 16.3 Å². The van der Waals surface area contributed by atoms with Gasteiger partial charge in [-0.1, -0.05) is 24.9 Å². The normalized spacial score (nSPS) is 11.8. The van der Waals surface area contributed by atoms with Crippen LogP contribution < -0.4 is 10.1 Å². The fourth-order valence-corrected chi connectivity index (χ4v) is 1.85. The molecule has 0 aliphatic rings. The summed E-state index contributed by atoms with van der Waals surface area (Å²) in [6.45, 7) is 3.01. The van der Waals surface area contributed by atoms with E-state index in [1.807, 2.05) is 7.05 Å². The van der Waals surface area contributed by atoms with Crippen LogP contribution in [0.15, 0.2) is 18.2 Å². The van der Waals surface area contributed by atoms with Gasteiger partial charge in [0.05, 0.1) is 11.1 Å². The van der Waals surface area contributed by atoms with Crippen molar-refractivity contribution < 1.29 is 9.13 Å². The molecule has 0 unspecified atom stereocenters. The van der Waals surface area contributed by atoms with Gasteiger partial charge in [0.2, 0.25) is 0 Å². The van der Waals surface area contributed by atoms with E-state index in [1.54, 1.807) is 6.07 Å². The van der Waals surface area contributed by atoms with Gasteiger partial charge < -0.3 is 10.1 Å². The Kier molecular flexibility index (Phi) is 9.16. The van der Waals surface area contributed by atoms with Gasteiger partial charge >= 0.3 is 0 Å². The van der Waals surface area contributed by atoms with Crippen LogP contribution >= 0.6 is 24.0 Å². The molecule has 2 nitrogen and oxygen atoms in total. The van der Waals surface area contributed by atoms with Gasteiger partial charge in [-0.2, -0.15) is 0 Å². The lowest BCUT2D eigenvalue weighted by atomic mass is 10.1. The molecule has 0 radical (unpaired) electrons. The summed E-state index contributed by atoms with van der Waals surface area (Å²) in [6, 6.07) is 4.22. The van der Waals surface area contributed by atoms with Crippen molar-refractivity contribution in [1.82, 2.24) is 5.32 Å². The first-order chi connectivity index (χ1) is 8.17. The van der Waals surface area contributed by atoms with E-state index in [9.17, 15) is 4.39 Å². The van der Waals surface area contributed by atoms with Gasteiger partial charge in [0.15, 0.2) is 0 Å². The molecule has 18 heavy (non-hydrogen) atoms. The molecule has 0 aliphatic carbocycles. The molecule has 1 atom stereocenters. The van der Waals surface area contributed by atoms with E-state index in [0.717, 1.165) is 25.8 Å². The quantitative estimate of drug-likeness (QED) is 0.819. The number of benzene rings is 1. The van der Waals surface area contributed by atoms with Crippen molar-refractivity contribution in [2.45, 2.75) is 32.3 Å². The minimum atomic E-state index is -0.343. The van der Waals surface area contributed by atoms with Crippen LogP contribution in [0.2, 0.25) is 5.02 Å². The Balaban J connectivity index is 0.00000289. The summed E-state index contributed by atoms with van der Waals surface area (Å²) in [5, 5.41) is 3.42. The monoisotopic (exact) mass is 295 g/mol. The standard InChI is InChI=1S/C13H19ClFNO.ClH/c1-3-4-11(7-8-16-2)17-13-6-5-10(15)9-12(13)14;/h5-6,9,11,16H,3-4,7-8H2,1-2H3;1H/t11-;/m1./s1. The van der Waals surface area contributed by atoms with Crippen molar-refractivity contribution in [1.29, 1.82) is 0 Å². The molecule has 0 aliphatic heterocycles. The molecule has 1 rings (SSSR count). The molecule has 0 amide bonds. The molecular weight excluding hydrogens is 276 g/mol. The smallest absolute Gasteiger partial charge is 0.138 e. The summed E-state index contributed by atoms with van der Waals surface area (Å²) in [5.74, 6) is 0.215. The van der Waals surface area contributed by atoms with Gasteiger partial charge in [-0.05, 0) is 44.6 Å². The first kappa shape index (κ1) is 17.5. The van der Waals surface area contributed by atoms with Crippen LogP contribution in [-0.4, -0.2) is 19.7 Å². The number of rotatable bonds is 7. The highest BCUT2D eigenvalue weighted by atomic mass is 35.5. The van der Waals surface area contributed by atoms with E-state index in [-0.39, 0.29) is 24.3 Å². The maximum Gasteiger partial charge on any atom is 0.138 e. The summed E-state index contributed by atoms with van der Waals surface area (Å²) in [4.78, 5) is 0. The molecule has 0 saturated carbocycles. The minimum absolute atomic E-state index is 0. The number of ether oxygens (including phenoxy) is 1. The molecule has 0 bridgehead atoms. The Morgan fingerprint density at radius 1 is 1.39 bits per heavy atom. The number of hydrogen-bond acceptors (Lipinski definition) is 2. The SMILES string of the molecule is CCC[C@H](CCNC)Oc1ccc(F)cc1Cl.Cl. The Bertz CT molecular complexity index is 350. The number of nitrogens with one attached hydrogen (secondary N) is 1. The Labute approximate surface area is 119 Å². The van der Waals surface area contributed by atoms with Crippen molar-refractivity contribution in [2.24, 2.45) is 0 Å². The highest BCUT2D eigenvalue weighted by Crippen LogP contribution is 2.27. The predicted molar refractivity (Wildman–Crippen MR) is 76.5 cm³/mol. The summed E-state index contributed by atoms with van der Waals surface area (Å²) in [6.07, 6.45) is 3.05. The first-order valence-electron chi connectivity index (χ1n) is 5.93. The number of hydrogen-bond donors (Lipinski definition) is 1. The second-order valence-corrected chi connectivity index (χ2v) is 4.40. The Morgan fingerprint density at radius 2 is 2.11 bits per heavy atom. The molecule has 5 heteroatoms. The van der Waals surface area contributed by atoms with Gasteiger partial charge in [-0.25, -0.2) is 4.39 Å². The van der Waals surface area contributed by atoms with E-state index in [1.165, 1.54) is 12.1 Å². The van der Waals surface area contributed by atoms with E-state index in [2.05, 4.69) is 12.2 Å². The lowest BCUT2D eigenvalue weighted by Crippen LogP contribution is -2.22. The number of halogens is 3. The average Bonchev–Trinajstić information content (AvgIpc) is 2.29. The third-order valence-electron chi connectivity index (χ3n) is 2.51. The third-order valence-corrected chi connectivity index (χ3v) is 2.81. The highest BCUT2D eigenvalue weighted by Gasteiger charge is 2.11. The van der Waals surface area contributed by atoms with Crippen LogP contribution in [-0.2, 0) is 0 Å². The Morgan fingerprint density at radius 3 is 2.67 bits per heavy atom. The zero-order valence-electron chi connectivity index (χ0n) is 10.7. The molecule has 0 fully saturated rings. The second kappa shape index (κ2) is 9.42. The van der Waals surface area contributed by atoms with Crippen LogP contribution in [0, 0.1) is 5.82 Å². The molecular formula is C13H20Cl2FNO. The van der Waals surface area contributed by atoms with Gasteiger partial charge in [-0.15, -0.1) is 12.4 Å². The fourth-order valence-electron chi connectivity index (χ4n) is 1.64. The molecule has 1 aromatic carbocycles. The zero-order valence-corrected chi connectivity index (χ0v) is 12.3. The minimum Gasteiger partial charge on any atom is -0.489 e. The maximum atomic E-state index is 12.9. The van der Waals surface area contributed by atoms with E-state index < -0.39 is 0 Å². The van der Waals surface area contributed by atoms with Gasteiger partial charge in [0.25, 0.3) is 0 Å². The lowest BCUT2D eigenvalue weighted by Gasteiger charge is -2.19. The largest absolute Gasteiger partial charge is 0.489 e. The maximum absolute atomic E-state index is 12.9. The van der Waals surface area contributed by atoms with Gasteiger partial charge in [0, 0.05) is 0 Å². The van der Waals surface area contributed by atoms with Crippen LogP contribution in [0.3, 0.4) is 0 Å². The van der Waals surface area contributed by atoms with Crippen molar-refractivity contribution in [3.8, 4) is 5.75 Å². The summed E-state index contributed by atoms with van der Waals surface area (Å²) in [7, 11) is 1.91. The molecule has 1 aromatic rings. The van der Waals surface area contributed by atoms with Crippen LogP contribution in [0.25, 0.3) is 0 Å². The summed E-state index contributed by atoms with van der Waals surface area (Å²) < 4.78 is 18.7. The molecule has 0 aromatic heterocycles. The molecule has 0 spiro atoms. The van der Waals surface area contributed by atoms with E-state index >= 15 is 0 Å². The predicted octanol–water partition coefficient (Wildman–Crippen LogP) is 4.06. The lowest BCUT2D eigenvalue weighted by molar-refractivity contribution is 0.180. The van der Waals surface area contributed by atoms with Gasteiger partial charge in [-0.3, -0.25) is 0 Å². The average molecular weight is 296 g/mol.